The van der Waals surface area contributed by atoms with Crippen molar-refractivity contribution >= 4 is 38.8 Å². The third kappa shape index (κ3) is 2.71. The lowest BCUT2D eigenvalue weighted by molar-refractivity contribution is -0.137. The zero-order valence-corrected chi connectivity index (χ0v) is 15.0. The molecule has 3 rings (SSSR count). The van der Waals surface area contributed by atoms with E-state index in [1.807, 2.05) is 13.8 Å². The van der Waals surface area contributed by atoms with Crippen molar-refractivity contribution in [2.45, 2.75) is 38.0 Å². The monoisotopic (exact) mass is 368 g/mol. The Hall–Kier alpha value is -1.53. The summed E-state index contributed by atoms with van der Waals surface area (Å²) < 4.78 is 23.8. The Labute approximate surface area is 145 Å². The smallest absolute Gasteiger partial charge is 0.182 e. The maximum atomic E-state index is 12.7. The number of hydrogen-bond acceptors (Lipinski definition) is 5. The van der Waals surface area contributed by atoms with Crippen molar-refractivity contribution in [1.29, 1.82) is 0 Å². The maximum absolute atomic E-state index is 12.7. The molecule has 0 unspecified atom stereocenters. The van der Waals surface area contributed by atoms with Crippen LogP contribution in [-0.4, -0.2) is 31.5 Å². The summed E-state index contributed by atoms with van der Waals surface area (Å²) >= 11 is 6.24. The summed E-state index contributed by atoms with van der Waals surface area (Å²) in [5, 5.41) is 0.0454. The summed E-state index contributed by atoms with van der Waals surface area (Å²) in [6.07, 6.45) is 0.551. The minimum absolute atomic E-state index is 0.0454. The van der Waals surface area contributed by atoms with Gasteiger partial charge in [-0.05, 0) is 29.5 Å². The van der Waals surface area contributed by atoms with Crippen LogP contribution in [0.4, 0.5) is 0 Å². The number of carbonyl (C=O) groups excluding carboxylic acids is 3. The largest absolute Gasteiger partial charge is 0.298 e. The summed E-state index contributed by atoms with van der Waals surface area (Å²) in [6.45, 7) is 3.63. The van der Waals surface area contributed by atoms with Gasteiger partial charge in [0.1, 0.15) is 5.92 Å². The van der Waals surface area contributed by atoms with Crippen molar-refractivity contribution in [2.24, 2.45) is 11.3 Å². The van der Waals surface area contributed by atoms with E-state index in [1.54, 1.807) is 0 Å². The van der Waals surface area contributed by atoms with E-state index in [2.05, 4.69) is 0 Å². The summed E-state index contributed by atoms with van der Waals surface area (Å²) in [7, 11) is -3.36. The topological polar surface area (TPSA) is 85.3 Å². The second-order valence-corrected chi connectivity index (χ2v) is 9.68. The van der Waals surface area contributed by atoms with Gasteiger partial charge in [-0.2, -0.15) is 0 Å². The molecule has 2 aliphatic rings. The van der Waals surface area contributed by atoms with Crippen LogP contribution in [0.1, 0.15) is 42.6 Å². The van der Waals surface area contributed by atoms with E-state index in [4.69, 9.17) is 11.6 Å². The first-order valence-corrected chi connectivity index (χ1v) is 9.70. The Morgan fingerprint density at radius 1 is 1.17 bits per heavy atom. The Kier molecular flexibility index (Phi) is 3.96. The molecule has 1 aromatic carbocycles. The van der Waals surface area contributed by atoms with Gasteiger partial charge in [-0.25, -0.2) is 8.42 Å². The predicted molar refractivity (Wildman–Crippen MR) is 88.1 cm³/mol. The average molecular weight is 369 g/mol. The fourth-order valence-corrected chi connectivity index (χ4v) is 5.46. The molecule has 7 heteroatoms. The van der Waals surface area contributed by atoms with E-state index in [1.165, 1.54) is 12.1 Å². The fraction of sp³-hybridized carbons (Fsp3) is 0.471. The van der Waals surface area contributed by atoms with Crippen LogP contribution >= 0.6 is 11.6 Å². The van der Waals surface area contributed by atoms with Crippen LogP contribution in [0.15, 0.2) is 17.0 Å². The molecule has 0 radical (unpaired) electrons. The van der Waals surface area contributed by atoms with Gasteiger partial charge in [0, 0.05) is 18.4 Å². The van der Waals surface area contributed by atoms with E-state index >= 15 is 0 Å². The number of Topliss-reactive ketones (excluding diaryl/α,β-unsaturated/α-hetero) is 3. The second-order valence-electron chi connectivity index (χ2n) is 7.22. The number of carbonyl (C=O) groups is 3. The third-order valence-corrected chi connectivity index (χ3v) is 6.86. The molecule has 128 valence electrons. The third-order valence-electron chi connectivity index (χ3n) is 4.63. The lowest BCUT2D eigenvalue weighted by Gasteiger charge is -2.31. The van der Waals surface area contributed by atoms with Crippen molar-refractivity contribution in [2.75, 3.05) is 5.75 Å². The quantitative estimate of drug-likeness (QED) is 0.591. The number of fused-ring (bicyclic) bond motifs is 1. The fourth-order valence-electron chi connectivity index (χ4n) is 3.50. The van der Waals surface area contributed by atoms with Crippen LogP contribution < -0.4 is 0 Å². The zero-order chi connectivity index (χ0) is 17.9. The molecule has 1 aliphatic heterocycles. The molecule has 0 spiro atoms. The van der Waals surface area contributed by atoms with Crippen LogP contribution in [0.2, 0.25) is 5.02 Å². The molecule has 0 amide bonds. The van der Waals surface area contributed by atoms with Crippen molar-refractivity contribution in [1.82, 2.24) is 0 Å². The molecule has 0 atom stereocenters. The zero-order valence-electron chi connectivity index (χ0n) is 13.4. The van der Waals surface area contributed by atoms with Crippen molar-refractivity contribution in [3.8, 4) is 0 Å². The molecule has 1 aliphatic carbocycles. The minimum Gasteiger partial charge on any atom is -0.298 e. The summed E-state index contributed by atoms with van der Waals surface area (Å²) in [6, 6.07) is 2.66. The molecule has 1 aromatic rings. The molecule has 5 nitrogen and oxygen atoms in total. The Morgan fingerprint density at radius 2 is 1.75 bits per heavy atom. The molecule has 1 heterocycles. The lowest BCUT2D eigenvalue weighted by Crippen LogP contribution is -2.42. The van der Waals surface area contributed by atoms with Gasteiger partial charge in [-0.3, -0.25) is 14.4 Å². The summed E-state index contributed by atoms with van der Waals surface area (Å²) in [5.41, 5.74) is 0.0123. The van der Waals surface area contributed by atoms with E-state index in [-0.39, 0.29) is 40.5 Å². The Morgan fingerprint density at radius 3 is 2.33 bits per heavy atom. The predicted octanol–water partition coefficient (Wildman–Crippen LogP) is 2.43. The van der Waals surface area contributed by atoms with Crippen LogP contribution in [0.5, 0.6) is 0 Å². The van der Waals surface area contributed by atoms with E-state index in [9.17, 15) is 22.8 Å². The first kappa shape index (κ1) is 17.3. The lowest BCUT2D eigenvalue weighted by atomic mass is 9.69. The first-order valence-electron chi connectivity index (χ1n) is 7.67. The van der Waals surface area contributed by atoms with Gasteiger partial charge in [0.25, 0.3) is 0 Å². The highest BCUT2D eigenvalue weighted by molar-refractivity contribution is 7.91. The van der Waals surface area contributed by atoms with Gasteiger partial charge < -0.3 is 0 Å². The van der Waals surface area contributed by atoms with Gasteiger partial charge in [-0.1, -0.05) is 25.4 Å². The number of benzene rings is 1. The van der Waals surface area contributed by atoms with Crippen LogP contribution in [0.25, 0.3) is 0 Å². The van der Waals surface area contributed by atoms with E-state index < -0.39 is 38.5 Å². The highest BCUT2D eigenvalue weighted by atomic mass is 35.5. The average Bonchev–Trinajstić information content (AvgIpc) is 2.73. The molecule has 1 saturated carbocycles. The SMILES string of the molecule is CC1(C)CC(=O)C(C(=O)c2ccc3c(c2Cl)CCS3(=O)=O)C(=O)C1. The minimum atomic E-state index is -3.36. The number of halogens is 1. The first-order chi connectivity index (χ1) is 11.0. The van der Waals surface area contributed by atoms with Crippen molar-refractivity contribution in [3.63, 3.8) is 0 Å². The van der Waals surface area contributed by atoms with E-state index in [0.717, 1.165) is 0 Å². The van der Waals surface area contributed by atoms with Crippen LogP contribution in [0, 0.1) is 11.3 Å². The van der Waals surface area contributed by atoms with E-state index in [0.29, 0.717) is 5.56 Å². The second kappa shape index (κ2) is 5.49. The molecule has 0 N–H and O–H groups in total. The highest BCUT2D eigenvalue weighted by Crippen LogP contribution is 2.38. The number of hydrogen-bond donors (Lipinski definition) is 0. The van der Waals surface area contributed by atoms with Gasteiger partial charge in [0.2, 0.25) is 0 Å². The highest BCUT2D eigenvalue weighted by Gasteiger charge is 2.44. The molecule has 0 saturated heterocycles. The van der Waals surface area contributed by atoms with Crippen LogP contribution in [0.3, 0.4) is 0 Å². The normalized spacial score (nSPS) is 22.5. The van der Waals surface area contributed by atoms with Gasteiger partial charge in [-0.15, -0.1) is 0 Å². The molecule has 1 fully saturated rings. The molecular weight excluding hydrogens is 352 g/mol. The van der Waals surface area contributed by atoms with Crippen molar-refractivity contribution in [3.05, 3.63) is 28.3 Å². The van der Waals surface area contributed by atoms with Gasteiger partial charge in [0.05, 0.1) is 15.7 Å². The standard InChI is InChI=1S/C17H17ClO5S/c1-17(2)7-11(19)14(12(20)8-17)16(21)10-3-4-13-9(15(10)18)5-6-24(13,22)23/h3-4,14H,5-8H2,1-2H3. The Balaban J connectivity index is 2.01. The van der Waals surface area contributed by atoms with Crippen molar-refractivity contribution < 1.29 is 22.8 Å². The molecule has 24 heavy (non-hydrogen) atoms. The number of ketones is 3. The van der Waals surface area contributed by atoms with Gasteiger partial charge in [0.15, 0.2) is 27.2 Å². The molecular formula is C17H17ClO5S. The molecule has 0 aromatic heterocycles. The summed E-state index contributed by atoms with van der Waals surface area (Å²) in [4.78, 5) is 37.5. The Bertz CT molecular complexity index is 862. The molecule has 0 bridgehead atoms. The summed E-state index contributed by atoms with van der Waals surface area (Å²) in [5.74, 6) is -2.80. The van der Waals surface area contributed by atoms with Gasteiger partial charge >= 0.3 is 0 Å². The number of sulfone groups is 1. The maximum Gasteiger partial charge on any atom is 0.182 e. The number of rotatable bonds is 2. The van der Waals surface area contributed by atoms with Crippen LogP contribution in [-0.2, 0) is 25.8 Å².